The topological polar surface area (TPSA) is 108 Å². The summed E-state index contributed by atoms with van der Waals surface area (Å²) in [6, 6.07) is 15.0. The zero-order valence-electron chi connectivity index (χ0n) is 17.6. The number of aromatic nitrogens is 5. The Labute approximate surface area is 182 Å². The van der Waals surface area contributed by atoms with Crippen LogP contribution in [0.5, 0.6) is 0 Å². The minimum atomic E-state index is -0.285. The molecule has 160 valence electrons. The second kappa shape index (κ2) is 7.77. The molecule has 2 aromatic carbocycles. The van der Waals surface area contributed by atoms with Crippen molar-refractivity contribution in [2.75, 3.05) is 5.32 Å². The molecule has 1 amide bonds. The van der Waals surface area contributed by atoms with Crippen LogP contribution in [-0.4, -0.2) is 30.2 Å². The molecule has 3 heterocycles. The number of para-hydroxylation sites is 1. The first kappa shape index (κ1) is 19.7. The molecule has 1 N–H and O–H groups in total. The summed E-state index contributed by atoms with van der Waals surface area (Å²) in [7, 11) is 0. The van der Waals surface area contributed by atoms with Crippen LogP contribution in [0.2, 0.25) is 0 Å². The van der Waals surface area contributed by atoms with E-state index in [0.29, 0.717) is 28.4 Å². The number of benzene rings is 2. The van der Waals surface area contributed by atoms with Crippen LogP contribution in [0.3, 0.4) is 0 Å². The number of rotatable bonds is 5. The number of carbonyl (C=O) groups is 1. The number of fused-ring (bicyclic) bond motifs is 3. The minimum absolute atomic E-state index is 0.0292. The van der Waals surface area contributed by atoms with Gasteiger partial charge in [-0.2, -0.15) is 4.98 Å². The van der Waals surface area contributed by atoms with Crippen LogP contribution >= 0.6 is 0 Å². The van der Waals surface area contributed by atoms with E-state index in [2.05, 4.69) is 20.4 Å². The second-order valence-corrected chi connectivity index (χ2v) is 7.63. The highest BCUT2D eigenvalue weighted by Gasteiger charge is 2.19. The molecule has 0 fully saturated rings. The van der Waals surface area contributed by atoms with Crippen LogP contribution in [0.15, 0.2) is 64.2 Å². The summed E-state index contributed by atoms with van der Waals surface area (Å²) >= 11 is 0. The number of amides is 1. The number of nitrogens with zero attached hydrogens (tertiary/aromatic N) is 5. The number of nitrogens with one attached hydrogen (secondary N) is 1. The maximum Gasteiger partial charge on any atom is 0.278 e. The Bertz CT molecular complexity index is 1510. The smallest absolute Gasteiger partial charge is 0.278 e. The lowest BCUT2D eigenvalue weighted by Gasteiger charge is -2.09. The standard InChI is InChI=1S/C23H20N6O3/c1-14-8-9-18-17(10-14)21-22(29(18)11-19(30)26-16-6-4-3-5-7-16)23(31)28(13-24-21)12-20-25-15(2)27-32-20/h3-10,13H,11-12H2,1-2H3,(H,26,30). The van der Waals surface area contributed by atoms with Crippen molar-refractivity contribution in [2.45, 2.75) is 26.9 Å². The molecule has 0 unspecified atom stereocenters. The van der Waals surface area contributed by atoms with Gasteiger partial charge in [0.25, 0.3) is 5.56 Å². The fraction of sp³-hybridized carbons (Fsp3) is 0.174. The summed E-state index contributed by atoms with van der Waals surface area (Å²) in [5, 5.41) is 7.47. The van der Waals surface area contributed by atoms with Crippen molar-refractivity contribution in [3.8, 4) is 0 Å². The molecule has 0 aliphatic heterocycles. The molecule has 0 spiro atoms. The largest absolute Gasteiger partial charge is 0.337 e. The highest BCUT2D eigenvalue weighted by atomic mass is 16.5. The van der Waals surface area contributed by atoms with E-state index < -0.39 is 0 Å². The van der Waals surface area contributed by atoms with Gasteiger partial charge in [0, 0.05) is 11.1 Å². The van der Waals surface area contributed by atoms with Gasteiger partial charge in [0.2, 0.25) is 11.8 Å². The summed E-state index contributed by atoms with van der Waals surface area (Å²) < 4.78 is 8.28. The molecule has 9 heteroatoms. The Hall–Kier alpha value is -4.27. The third-order valence-corrected chi connectivity index (χ3v) is 5.22. The molecule has 9 nitrogen and oxygen atoms in total. The summed E-state index contributed by atoms with van der Waals surface area (Å²) in [6.07, 6.45) is 1.47. The van der Waals surface area contributed by atoms with E-state index in [9.17, 15) is 9.59 Å². The predicted molar refractivity (Wildman–Crippen MR) is 119 cm³/mol. The molecule has 0 bridgehead atoms. The Morgan fingerprint density at radius 1 is 1.12 bits per heavy atom. The zero-order valence-corrected chi connectivity index (χ0v) is 17.6. The monoisotopic (exact) mass is 428 g/mol. The number of aryl methyl sites for hydroxylation is 2. The number of hydrogen-bond donors (Lipinski definition) is 1. The fourth-order valence-electron chi connectivity index (χ4n) is 3.81. The van der Waals surface area contributed by atoms with Gasteiger partial charge >= 0.3 is 0 Å². The summed E-state index contributed by atoms with van der Waals surface area (Å²) in [6.45, 7) is 3.75. The van der Waals surface area contributed by atoms with Gasteiger partial charge in [-0.15, -0.1) is 0 Å². The Morgan fingerprint density at radius 2 is 1.94 bits per heavy atom. The summed E-state index contributed by atoms with van der Waals surface area (Å²) in [4.78, 5) is 35.0. The van der Waals surface area contributed by atoms with Gasteiger partial charge in [0.05, 0.1) is 11.8 Å². The van der Waals surface area contributed by atoms with Crippen molar-refractivity contribution in [1.29, 1.82) is 0 Å². The van der Waals surface area contributed by atoms with E-state index in [4.69, 9.17) is 4.52 Å². The fourth-order valence-corrected chi connectivity index (χ4v) is 3.81. The lowest BCUT2D eigenvalue weighted by molar-refractivity contribution is -0.116. The van der Waals surface area contributed by atoms with Crippen molar-refractivity contribution < 1.29 is 9.32 Å². The van der Waals surface area contributed by atoms with Gasteiger partial charge in [0.15, 0.2) is 5.82 Å². The van der Waals surface area contributed by atoms with Crippen molar-refractivity contribution >= 4 is 33.5 Å². The maximum atomic E-state index is 13.4. The van der Waals surface area contributed by atoms with Crippen LogP contribution in [0.4, 0.5) is 5.69 Å². The van der Waals surface area contributed by atoms with E-state index in [1.165, 1.54) is 10.9 Å². The van der Waals surface area contributed by atoms with Crippen LogP contribution in [0.1, 0.15) is 17.3 Å². The number of carbonyl (C=O) groups excluding carboxylic acids is 1. The lowest BCUT2D eigenvalue weighted by atomic mass is 10.1. The first-order valence-electron chi connectivity index (χ1n) is 10.1. The molecule has 0 saturated carbocycles. The van der Waals surface area contributed by atoms with E-state index in [-0.39, 0.29) is 24.6 Å². The highest BCUT2D eigenvalue weighted by Crippen LogP contribution is 2.26. The molecular formula is C23H20N6O3. The molecule has 32 heavy (non-hydrogen) atoms. The minimum Gasteiger partial charge on any atom is -0.337 e. The first-order valence-corrected chi connectivity index (χ1v) is 10.1. The molecule has 5 aromatic rings. The Balaban J connectivity index is 1.62. The highest BCUT2D eigenvalue weighted by molar-refractivity contribution is 6.06. The quantitative estimate of drug-likeness (QED) is 0.461. The summed E-state index contributed by atoms with van der Waals surface area (Å²) in [5.41, 5.74) is 3.12. The van der Waals surface area contributed by atoms with Gasteiger partial charge in [-0.1, -0.05) is 35.0 Å². The predicted octanol–water partition coefficient (Wildman–Crippen LogP) is 3.04. The Morgan fingerprint density at radius 3 is 2.69 bits per heavy atom. The SMILES string of the molecule is Cc1ccc2c(c1)c1ncn(Cc3nc(C)no3)c(=O)c1n2CC(=O)Nc1ccccc1. The van der Waals surface area contributed by atoms with Gasteiger partial charge in [-0.05, 0) is 38.1 Å². The van der Waals surface area contributed by atoms with Crippen molar-refractivity contribution in [3.05, 3.63) is 82.5 Å². The van der Waals surface area contributed by atoms with Gasteiger partial charge in [0.1, 0.15) is 24.1 Å². The normalized spacial score (nSPS) is 11.3. The number of anilines is 1. The maximum absolute atomic E-state index is 13.4. The van der Waals surface area contributed by atoms with Gasteiger partial charge in [-0.3, -0.25) is 14.2 Å². The van der Waals surface area contributed by atoms with Crippen molar-refractivity contribution in [1.82, 2.24) is 24.3 Å². The first-order chi connectivity index (χ1) is 15.5. The van der Waals surface area contributed by atoms with Crippen LogP contribution in [0, 0.1) is 13.8 Å². The molecule has 3 aromatic heterocycles. The average molecular weight is 428 g/mol. The van der Waals surface area contributed by atoms with Crippen LogP contribution in [0.25, 0.3) is 21.9 Å². The third-order valence-electron chi connectivity index (χ3n) is 5.22. The van der Waals surface area contributed by atoms with Crippen molar-refractivity contribution in [2.24, 2.45) is 0 Å². The zero-order chi connectivity index (χ0) is 22.2. The van der Waals surface area contributed by atoms with E-state index in [0.717, 1.165) is 16.5 Å². The number of hydrogen-bond acceptors (Lipinski definition) is 6. The van der Waals surface area contributed by atoms with Gasteiger partial charge < -0.3 is 14.4 Å². The molecule has 0 atom stereocenters. The van der Waals surface area contributed by atoms with Crippen LogP contribution < -0.4 is 10.9 Å². The molecule has 0 saturated heterocycles. The molecule has 0 radical (unpaired) electrons. The summed E-state index contributed by atoms with van der Waals surface area (Å²) in [5.74, 6) is 0.563. The van der Waals surface area contributed by atoms with E-state index in [1.54, 1.807) is 11.5 Å². The third kappa shape index (κ3) is 3.53. The lowest BCUT2D eigenvalue weighted by Crippen LogP contribution is -2.25. The van der Waals surface area contributed by atoms with E-state index >= 15 is 0 Å². The second-order valence-electron chi connectivity index (χ2n) is 7.63. The average Bonchev–Trinajstić information content (AvgIpc) is 3.32. The molecule has 5 rings (SSSR count). The molecule has 0 aliphatic rings. The molecular weight excluding hydrogens is 408 g/mol. The Kier molecular flexibility index (Phi) is 4.78. The van der Waals surface area contributed by atoms with Crippen LogP contribution in [-0.2, 0) is 17.9 Å². The van der Waals surface area contributed by atoms with E-state index in [1.807, 2.05) is 55.5 Å². The molecule has 0 aliphatic carbocycles. The van der Waals surface area contributed by atoms with Gasteiger partial charge in [-0.25, -0.2) is 4.98 Å². The van der Waals surface area contributed by atoms with Crippen molar-refractivity contribution in [3.63, 3.8) is 0 Å².